The van der Waals surface area contributed by atoms with E-state index in [4.69, 9.17) is 0 Å². The summed E-state index contributed by atoms with van der Waals surface area (Å²) in [4.78, 5) is 6.46. The number of rotatable bonds is 5. The summed E-state index contributed by atoms with van der Waals surface area (Å²) >= 11 is 0. The summed E-state index contributed by atoms with van der Waals surface area (Å²) in [7, 11) is 1.90. The number of aliphatic hydroxyl groups excluding tert-OH is 1. The Bertz CT molecular complexity index is 325. The Morgan fingerprint density at radius 3 is 2.82 bits per heavy atom. The summed E-state index contributed by atoms with van der Waals surface area (Å²) in [5, 5.41) is 13.5. The Morgan fingerprint density at radius 1 is 1.47 bits per heavy atom. The lowest BCUT2D eigenvalue weighted by Gasteiger charge is -2.27. The molecule has 2 heterocycles. The van der Waals surface area contributed by atoms with E-state index < -0.39 is 6.10 Å². The SMILES string of the molecule is CNC(CN1CCCC1)C(O)c1cccnc1. The molecule has 0 aromatic carbocycles. The highest BCUT2D eigenvalue weighted by Crippen LogP contribution is 2.18. The Hall–Kier alpha value is -0.970. The van der Waals surface area contributed by atoms with Crippen molar-refractivity contribution in [1.82, 2.24) is 15.2 Å². The lowest BCUT2D eigenvalue weighted by molar-refractivity contribution is 0.110. The van der Waals surface area contributed by atoms with Crippen molar-refractivity contribution in [3.05, 3.63) is 30.1 Å². The molecule has 1 aliphatic heterocycles. The van der Waals surface area contributed by atoms with Crippen LogP contribution in [0.2, 0.25) is 0 Å². The second kappa shape index (κ2) is 6.10. The van der Waals surface area contributed by atoms with Crippen molar-refractivity contribution in [3.8, 4) is 0 Å². The van der Waals surface area contributed by atoms with E-state index in [2.05, 4.69) is 15.2 Å². The largest absolute Gasteiger partial charge is 0.387 e. The van der Waals surface area contributed by atoms with Gasteiger partial charge in [-0.05, 0) is 39.0 Å². The van der Waals surface area contributed by atoms with Gasteiger partial charge in [0.05, 0.1) is 6.10 Å². The fourth-order valence-corrected chi connectivity index (χ4v) is 2.38. The molecule has 1 aliphatic rings. The highest BCUT2D eigenvalue weighted by Gasteiger charge is 2.23. The first kappa shape index (κ1) is 12.5. The molecule has 17 heavy (non-hydrogen) atoms. The van der Waals surface area contributed by atoms with Gasteiger partial charge in [-0.15, -0.1) is 0 Å². The summed E-state index contributed by atoms with van der Waals surface area (Å²) in [6, 6.07) is 3.85. The number of nitrogens with zero attached hydrogens (tertiary/aromatic N) is 2. The van der Waals surface area contributed by atoms with Gasteiger partial charge in [-0.1, -0.05) is 6.07 Å². The van der Waals surface area contributed by atoms with Crippen molar-refractivity contribution < 1.29 is 5.11 Å². The first-order chi connectivity index (χ1) is 8.31. The van der Waals surface area contributed by atoms with Gasteiger partial charge in [0.1, 0.15) is 0 Å². The molecule has 2 rings (SSSR count). The molecule has 1 fully saturated rings. The average molecular weight is 235 g/mol. The van der Waals surface area contributed by atoms with Gasteiger partial charge < -0.3 is 15.3 Å². The molecule has 94 valence electrons. The van der Waals surface area contributed by atoms with Gasteiger partial charge in [0.25, 0.3) is 0 Å². The second-order valence-corrected chi connectivity index (χ2v) is 4.63. The standard InChI is InChI=1S/C13H21N3O/c1-14-12(10-16-7-2-3-8-16)13(17)11-5-4-6-15-9-11/h4-6,9,12-14,17H,2-3,7-8,10H2,1H3. The van der Waals surface area contributed by atoms with Crippen LogP contribution in [0.1, 0.15) is 24.5 Å². The number of likely N-dealkylation sites (N-methyl/N-ethyl adjacent to an activating group) is 1. The van der Waals surface area contributed by atoms with Crippen LogP contribution in [0.5, 0.6) is 0 Å². The lowest BCUT2D eigenvalue weighted by Crippen LogP contribution is -2.42. The van der Waals surface area contributed by atoms with E-state index in [1.54, 1.807) is 12.4 Å². The topological polar surface area (TPSA) is 48.4 Å². The first-order valence-corrected chi connectivity index (χ1v) is 6.29. The van der Waals surface area contributed by atoms with Gasteiger partial charge in [0, 0.05) is 30.5 Å². The molecular formula is C13H21N3O. The summed E-state index contributed by atoms with van der Waals surface area (Å²) < 4.78 is 0. The van der Waals surface area contributed by atoms with E-state index in [1.165, 1.54) is 12.8 Å². The zero-order valence-electron chi connectivity index (χ0n) is 10.3. The summed E-state index contributed by atoms with van der Waals surface area (Å²) in [6.45, 7) is 3.20. The minimum absolute atomic E-state index is 0.0669. The van der Waals surface area contributed by atoms with Gasteiger partial charge >= 0.3 is 0 Å². The highest BCUT2D eigenvalue weighted by molar-refractivity contribution is 5.14. The predicted octanol–water partition coefficient (Wildman–Crippen LogP) is 0.799. The normalized spacial score (nSPS) is 20.4. The number of aliphatic hydroxyl groups is 1. The average Bonchev–Trinajstić information content (AvgIpc) is 2.89. The molecule has 0 bridgehead atoms. The Kier molecular flexibility index (Phi) is 4.48. The van der Waals surface area contributed by atoms with Crippen LogP contribution in [0.4, 0.5) is 0 Å². The third kappa shape index (κ3) is 3.25. The van der Waals surface area contributed by atoms with Crippen LogP contribution < -0.4 is 5.32 Å². The molecule has 0 aliphatic carbocycles. The maximum atomic E-state index is 10.3. The summed E-state index contributed by atoms with van der Waals surface area (Å²) in [5.41, 5.74) is 0.881. The van der Waals surface area contributed by atoms with Crippen LogP contribution in [-0.2, 0) is 0 Å². The van der Waals surface area contributed by atoms with Gasteiger partial charge in [-0.25, -0.2) is 0 Å². The van der Waals surface area contributed by atoms with E-state index in [1.807, 2.05) is 19.2 Å². The number of aromatic nitrogens is 1. The maximum absolute atomic E-state index is 10.3. The van der Waals surface area contributed by atoms with Gasteiger partial charge in [-0.3, -0.25) is 4.98 Å². The summed E-state index contributed by atoms with van der Waals surface area (Å²) in [6.07, 6.45) is 5.53. The number of hydrogen-bond acceptors (Lipinski definition) is 4. The number of likely N-dealkylation sites (tertiary alicyclic amines) is 1. The number of nitrogens with one attached hydrogen (secondary N) is 1. The van der Waals surface area contributed by atoms with Gasteiger partial charge in [-0.2, -0.15) is 0 Å². The molecule has 0 spiro atoms. The zero-order chi connectivity index (χ0) is 12.1. The van der Waals surface area contributed by atoms with Crippen LogP contribution in [-0.4, -0.2) is 47.7 Å². The number of hydrogen-bond donors (Lipinski definition) is 2. The molecule has 4 nitrogen and oxygen atoms in total. The molecule has 2 N–H and O–H groups in total. The molecule has 0 radical (unpaired) electrons. The van der Waals surface area contributed by atoms with E-state index >= 15 is 0 Å². The van der Waals surface area contributed by atoms with E-state index in [0.29, 0.717) is 0 Å². The fourth-order valence-electron chi connectivity index (χ4n) is 2.38. The summed E-state index contributed by atoms with van der Waals surface area (Å²) in [5.74, 6) is 0. The smallest absolute Gasteiger partial charge is 0.0970 e. The van der Waals surface area contributed by atoms with Crippen molar-refractivity contribution in [3.63, 3.8) is 0 Å². The molecule has 1 aromatic heterocycles. The quantitative estimate of drug-likeness (QED) is 0.792. The third-order valence-corrected chi connectivity index (χ3v) is 3.43. The molecule has 0 saturated carbocycles. The minimum atomic E-state index is -0.491. The van der Waals surface area contributed by atoms with Crippen molar-refractivity contribution >= 4 is 0 Å². The van der Waals surface area contributed by atoms with Crippen molar-refractivity contribution in [2.24, 2.45) is 0 Å². The second-order valence-electron chi connectivity index (χ2n) is 4.63. The van der Waals surface area contributed by atoms with Crippen LogP contribution in [0.25, 0.3) is 0 Å². The first-order valence-electron chi connectivity index (χ1n) is 6.29. The van der Waals surface area contributed by atoms with Gasteiger partial charge in [0.2, 0.25) is 0 Å². The zero-order valence-corrected chi connectivity index (χ0v) is 10.3. The molecule has 2 atom stereocenters. The molecule has 1 aromatic rings. The Balaban J connectivity index is 1.97. The lowest BCUT2D eigenvalue weighted by atomic mass is 10.0. The molecule has 0 amide bonds. The Morgan fingerprint density at radius 2 is 2.24 bits per heavy atom. The monoisotopic (exact) mass is 235 g/mol. The van der Waals surface area contributed by atoms with E-state index in [-0.39, 0.29) is 6.04 Å². The van der Waals surface area contributed by atoms with Crippen molar-refractivity contribution in [2.75, 3.05) is 26.7 Å². The molecule has 4 heteroatoms. The van der Waals surface area contributed by atoms with Crippen molar-refractivity contribution in [1.29, 1.82) is 0 Å². The maximum Gasteiger partial charge on any atom is 0.0970 e. The van der Waals surface area contributed by atoms with Crippen LogP contribution in [0, 0.1) is 0 Å². The fraction of sp³-hybridized carbons (Fsp3) is 0.615. The van der Waals surface area contributed by atoms with Crippen LogP contribution in [0.3, 0.4) is 0 Å². The number of pyridine rings is 1. The van der Waals surface area contributed by atoms with Crippen LogP contribution in [0.15, 0.2) is 24.5 Å². The van der Waals surface area contributed by atoms with Crippen LogP contribution >= 0.6 is 0 Å². The highest BCUT2D eigenvalue weighted by atomic mass is 16.3. The van der Waals surface area contributed by atoms with Crippen molar-refractivity contribution in [2.45, 2.75) is 25.0 Å². The van der Waals surface area contributed by atoms with E-state index in [0.717, 1.165) is 25.2 Å². The third-order valence-electron chi connectivity index (χ3n) is 3.43. The Labute approximate surface area is 103 Å². The minimum Gasteiger partial charge on any atom is -0.387 e. The van der Waals surface area contributed by atoms with E-state index in [9.17, 15) is 5.11 Å². The molecular weight excluding hydrogens is 214 g/mol. The van der Waals surface area contributed by atoms with Gasteiger partial charge in [0.15, 0.2) is 0 Å². The molecule has 1 saturated heterocycles. The predicted molar refractivity (Wildman–Crippen MR) is 67.7 cm³/mol. The molecule has 2 unspecified atom stereocenters.